The van der Waals surface area contributed by atoms with Crippen LogP contribution in [0, 0.1) is 5.92 Å². The molecule has 1 aliphatic heterocycles. The molecule has 0 aromatic carbocycles. The van der Waals surface area contributed by atoms with Crippen molar-refractivity contribution in [3.05, 3.63) is 27.4 Å². The first kappa shape index (κ1) is 14.3. The van der Waals surface area contributed by atoms with E-state index in [9.17, 15) is 4.79 Å². The molecule has 2 rings (SSSR count). The van der Waals surface area contributed by atoms with Gasteiger partial charge in [0.15, 0.2) is 0 Å². The highest BCUT2D eigenvalue weighted by atomic mass is 16.1. The zero-order chi connectivity index (χ0) is 14.2. The van der Waals surface area contributed by atoms with Crippen molar-refractivity contribution < 1.29 is 0 Å². The molecule has 4 nitrogen and oxygen atoms in total. The molecule has 4 heteroatoms. The quantitative estimate of drug-likeness (QED) is 0.888. The Labute approximate surface area is 115 Å². The Balaban J connectivity index is 2.32. The number of aromatic amines is 1. The number of rotatable bonds is 2. The van der Waals surface area contributed by atoms with E-state index in [1.54, 1.807) is 0 Å². The number of H-pyrrole nitrogens is 1. The molecule has 0 fully saturated rings. The molecule has 0 amide bonds. The molecule has 0 saturated heterocycles. The van der Waals surface area contributed by atoms with Crippen molar-refractivity contribution in [1.29, 1.82) is 0 Å². The normalized spacial score (nSPS) is 16.7. The second-order valence-electron chi connectivity index (χ2n) is 6.97. The maximum absolute atomic E-state index is 12.1. The van der Waals surface area contributed by atoms with Crippen molar-refractivity contribution in [2.24, 2.45) is 5.92 Å². The molecule has 0 unspecified atom stereocenters. The smallest absolute Gasteiger partial charge is 0.254 e. The van der Waals surface area contributed by atoms with Crippen LogP contribution in [0.3, 0.4) is 0 Å². The van der Waals surface area contributed by atoms with Crippen LogP contribution in [0.4, 0.5) is 0 Å². The van der Waals surface area contributed by atoms with Gasteiger partial charge in [0.1, 0.15) is 5.82 Å². The summed E-state index contributed by atoms with van der Waals surface area (Å²) in [5, 5.41) is 0. The van der Waals surface area contributed by atoms with Crippen LogP contribution in [0.5, 0.6) is 0 Å². The lowest BCUT2D eigenvalue weighted by Crippen LogP contribution is -2.38. The molecule has 0 radical (unpaired) electrons. The molecule has 0 atom stereocenters. The second kappa shape index (κ2) is 5.08. The average Bonchev–Trinajstić information content (AvgIpc) is 2.26. The standard InChI is InChI=1S/C15H25N3O/c1-10(2)8-18-7-6-11-12(9-18)16-14(15(3,4)5)17-13(11)19/h10H,6-9H2,1-5H3,(H,16,17,19). The van der Waals surface area contributed by atoms with Crippen LogP contribution >= 0.6 is 0 Å². The molecule has 0 bridgehead atoms. The number of nitrogens with one attached hydrogen (secondary N) is 1. The van der Waals surface area contributed by atoms with Crippen molar-refractivity contribution in [2.45, 2.75) is 53.0 Å². The molecule has 19 heavy (non-hydrogen) atoms. The Morgan fingerprint density at radius 2 is 2.05 bits per heavy atom. The molecule has 106 valence electrons. The third-order valence-electron chi connectivity index (χ3n) is 3.49. The van der Waals surface area contributed by atoms with Crippen molar-refractivity contribution in [3.8, 4) is 0 Å². The first-order valence-corrected chi connectivity index (χ1v) is 7.12. The number of aromatic nitrogens is 2. The van der Waals surface area contributed by atoms with Crippen molar-refractivity contribution >= 4 is 0 Å². The molecule has 0 saturated carbocycles. The Bertz CT molecular complexity index is 511. The molecule has 2 heterocycles. The minimum atomic E-state index is -0.117. The van der Waals surface area contributed by atoms with Crippen LogP contribution in [0.25, 0.3) is 0 Å². The number of hydrogen-bond donors (Lipinski definition) is 1. The highest BCUT2D eigenvalue weighted by Gasteiger charge is 2.24. The summed E-state index contributed by atoms with van der Waals surface area (Å²) in [4.78, 5) is 22.2. The Morgan fingerprint density at radius 1 is 1.37 bits per heavy atom. The minimum Gasteiger partial charge on any atom is -0.310 e. The van der Waals surface area contributed by atoms with Crippen LogP contribution in [0.1, 0.15) is 51.7 Å². The number of nitrogens with zero attached hydrogens (tertiary/aromatic N) is 2. The molecule has 0 spiro atoms. The van der Waals surface area contributed by atoms with E-state index in [1.807, 2.05) is 0 Å². The van der Waals surface area contributed by atoms with Gasteiger partial charge < -0.3 is 4.98 Å². The van der Waals surface area contributed by atoms with Crippen molar-refractivity contribution in [2.75, 3.05) is 13.1 Å². The van der Waals surface area contributed by atoms with E-state index in [0.29, 0.717) is 5.92 Å². The number of hydrogen-bond acceptors (Lipinski definition) is 3. The van der Waals surface area contributed by atoms with E-state index in [1.165, 1.54) is 0 Å². The summed E-state index contributed by atoms with van der Waals surface area (Å²) in [6, 6.07) is 0. The fourth-order valence-corrected chi connectivity index (χ4v) is 2.52. The van der Waals surface area contributed by atoms with Gasteiger partial charge in [-0.1, -0.05) is 34.6 Å². The average molecular weight is 263 g/mol. The zero-order valence-corrected chi connectivity index (χ0v) is 12.7. The van der Waals surface area contributed by atoms with E-state index in [2.05, 4.69) is 44.5 Å². The van der Waals surface area contributed by atoms with E-state index >= 15 is 0 Å². The fourth-order valence-electron chi connectivity index (χ4n) is 2.52. The summed E-state index contributed by atoms with van der Waals surface area (Å²) in [7, 11) is 0. The molecule has 1 aromatic heterocycles. The molecule has 0 aliphatic carbocycles. The van der Waals surface area contributed by atoms with Crippen LogP contribution in [0.2, 0.25) is 0 Å². The Morgan fingerprint density at radius 3 is 2.63 bits per heavy atom. The lowest BCUT2D eigenvalue weighted by Gasteiger charge is -2.30. The topological polar surface area (TPSA) is 49.0 Å². The maximum Gasteiger partial charge on any atom is 0.254 e. The first-order chi connectivity index (χ1) is 8.77. The highest BCUT2D eigenvalue weighted by Crippen LogP contribution is 2.20. The predicted molar refractivity (Wildman–Crippen MR) is 77.4 cm³/mol. The van der Waals surface area contributed by atoms with Gasteiger partial charge in [-0.05, 0) is 12.3 Å². The monoisotopic (exact) mass is 263 g/mol. The van der Waals surface area contributed by atoms with Crippen molar-refractivity contribution in [3.63, 3.8) is 0 Å². The van der Waals surface area contributed by atoms with Crippen molar-refractivity contribution in [1.82, 2.24) is 14.9 Å². The van der Waals surface area contributed by atoms with Gasteiger partial charge in [0.05, 0.1) is 5.69 Å². The van der Waals surface area contributed by atoms with E-state index in [-0.39, 0.29) is 11.0 Å². The second-order valence-corrected chi connectivity index (χ2v) is 6.97. The van der Waals surface area contributed by atoms with Gasteiger partial charge in [-0.15, -0.1) is 0 Å². The summed E-state index contributed by atoms with van der Waals surface area (Å²) in [6.45, 7) is 13.5. The number of fused-ring (bicyclic) bond motifs is 1. The van der Waals surface area contributed by atoms with Crippen LogP contribution in [-0.2, 0) is 18.4 Å². The molecular formula is C15H25N3O. The van der Waals surface area contributed by atoms with E-state index in [4.69, 9.17) is 4.98 Å². The van der Waals surface area contributed by atoms with Gasteiger partial charge in [0.25, 0.3) is 5.56 Å². The summed E-state index contributed by atoms with van der Waals surface area (Å²) in [5.41, 5.74) is 1.79. The highest BCUT2D eigenvalue weighted by molar-refractivity contribution is 5.22. The third kappa shape index (κ3) is 3.24. The molecule has 1 N–H and O–H groups in total. The Hall–Kier alpha value is -1.16. The summed E-state index contributed by atoms with van der Waals surface area (Å²) in [6.07, 6.45) is 0.814. The molecule has 1 aliphatic rings. The lowest BCUT2D eigenvalue weighted by atomic mass is 9.95. The zero-order valence-electron chi connectivity index (χ0n) is 12.7. The first-order valence-electron chi connectivity index (χ1n) is 7.12. The van der Waals surface area contributed by atoms with Crippen LogP contribution in [0.15, 0.2) is 4.79 Å². The molecule has 1 aromatic rings. The third-order valence-corrected chi connectivity index (χ3v) is 3.49. The Kier molecular flexibility index (Phi) is 3.81. The van der Waals surface area contributed by atoms with E-state index in [0.717, 1.165) is 43.1 Å². The summed E-state index contributed by atoms with van der Waals surface area (Å²) >= 11 is 0. The van der Waals surface area contributed by atoms with E-state index < -0.39 is 0 Å². The van der Waals surface area contributed by atoms with Gasteiger partial charge in [-0.3, -0.25) is 9.69 Å². The van der Waals surface area contributed by atoms with Crippen LogP contribution in [-0.4, -0.2) is 28.0 Å². The lowest BCUT2D eigenvalue weighted by molar-refractivity contribution is 0.221. The fraction of sp³-hybridized carbons (Fsp3) is 0.733. The van der Waals surface area contributed by atoms with Gasteiger partial charge >= 0.3 is 0 Å². The molecular weight excluding hydrogens is 238 g/mol. The van der Waals surface area contributed by atoms with Crippen LogP contribution < -0.4 is 5.56 Å². The predicted octanol–water partition coefficient (Wildman–Crippen LogP) is 2.08. The minimum absolute atomic E-state index is 0.0547. The summed E-state index contributed by atoms with van der Waals surface area (Å²) < 4.78 is 0. The summed E-state index contributed by atoms with van der Waals surface area (Å²) in [5.74, 6) is 1.44. The van der Waals surface area contributed by atoms with Gasteiger partial charge in [-0.2, -0.15) is 0 Å². The maximum atomic E-state index is 12.1. The van der Waals surface area contributed by atoms with Gasteiger partial charge in [0, 0.05) is 30.6 Å². The van der Waals surface area contributed by atoms with Gasteiger partial charge in [0.2, 0.25) is 0 Å². The largest absolute Gasteiger partial charge is 0.310 e. The SMILES string of the molecule is CC(C)CN1CCc2c(nc(C(C)(C)C)[nH]c2=O)C1. The van der Waals surface area contributed by atoms with Gasteiger partial charge in [-0.25, -0.2) is 4.98 Å².